The quantitative estimate of drug-likeness (QED) is 0.786. The second kappa shape index (κ2) is 6.76. The maximum Gasteiger partial charge on any atom is 0.261 e. The van der Waals surface area contributed by atoms with Crippen molar-refractivity contribution < 1.29 is 9.18 Å². The van der Waals surface area contributed by atoms with Crippen LogP contribution in [0.2, 0.25) is 0 Å². The largest absolute Gasteiger partial charge is 0.332 e. The Morgan fingerprint density at radius 2 is 2.12 bits per heavy atom. The molecule has 0 fully saturated rings. The van der Waals surface area contributed by atoms with E-state index < -0.39 is 17.2 Å². The normalized spacial score (nSPS) is 10.5. The number of aryl methyl sites for hydroxylation is 2. The third-order valence-corrected chi connectivity index (χ3v) is 3.99. The summed E-state index contributed by atoms with van der Waals surface area (Å²) in [4.78, 5) is 29.6. The molecule has 7 heteroatoms. The topological polar surface area (TPSA) is 87.8 Å². The van der Waals surface area contributed by atoms with E-state index in [1.54, 1.807) is 22.8 Å². The second-order valence-electron chi connectivity index (χ2n) is 5.74. The van der Waals surface area contributed by atoms with E-state index >= 15 is 0 Å². The molecule has 2 aromatic heterocycles. The van der Waals surface area contributed by atoms with Crippen LogP contribution >= 0.6 is 0 Å². The number of anilines is 1. The Hall–Kier alpha value is -3.53. The summed E-state index contributed by atoms with van der Waals surface area (Å²) in [6, 6.07) is 8.71. The van der Waals surface area contributed by atoms with Crippen LogP contribution in [0.4, 0.5) is 10.1 Å². The van der Waals surface area contributed by atoms with E-state index in [1.165, 1.54) is 18.3 Å². The summed E-state index contributed by atoms with van der Waals surface area (Å²) in [5.74, 6) is -1.30. The summed E-state index contributed by atoms with van der Waals surface area (Å²) in [6.07, 6.45) is 1.46. The number of nitrogens with zero attached hydrogens (tertiary/aromatic N) is 3. The molecule has 0 saturated heterocycles. The first-order valence-electron chi connectivity index (χ1n) is 7.96. The Kier molecular flexibility index (Phi) is 4.50. The molecule has 0 atom stereocenters. The van der Waals surface area contributed by atoms with Crippen molar-refractivity contribution in [2.75, 3.05) is 5.32 Å². The number of fused-ring (bicyclic) bond motifs is 1. The number of carbonyl (C=O) groups is 1. The standard InChI is InChI=1S/C19H15FN4O2/c1-3-24-10-15(17(25)14-6-4-11(2)22-18(14)24)19(26)23-13-5-7-16(20)12(8-13)9-21/h4-8,10H,3H2,1-2H3,(H,23,26). The van der Waals surface area contributed by atoms with E-state index in [0.29, 0.717) is 17.6 Å². The Labute approximate surface area is 148 Å². The van der Waals surface area contributed by atoms with E-state index in [-0.39, 0.29) is 16.8 Å². The highest BCUT2D eigenvalue weighted by Gasteiger charge is 2.16. The number of carbonyl (C=O) groups excluding carboxylic acids is 1. The molecule has 0 spiro atoms. The van der Waals surface area contributed by atoms with Crippen LogP contribution in [-0.2, 0) is 6.54 Å². The molecular formula is C19H15FN4O2. The van der Waals surface area contributed by atoms with Crippen LogP contribution in [0.25, 0.3) is 11.0 Å². The lowest BCUT2D eigenvalue weighted by Crippen LogP contribution is -2.24. The highest BCUT2D eigenvalue weighted by Crippen LogP contribution is 2.16. The molecule has 1 N–H and O–H groups in total. The molecule has 0 radical (unpaired) electrons. The molecule has 1 amide bonds. The first kappa shape index (κ1) is 17.3. The minimum Gasteiger partial charge on any atom is -0.332 e. The minimum atomic E-state index is -0.675. The maximum atomic E-state index is 13.4. The summed E-state index contributed by atoms with van der Waals surface area (Å²) >= 11 is 0. The van der Waals surface area contributed by atoms with Gasteiger partial charge in [-0.1, -0.05) is 0 Å². The SMILES string of the molecule is CCn1cc(C(=O)Nc2ccc(F)c(C#N)c2)c(=O)c2ccc(C)nc21. The fraction of sp³-hybridized carbons (Fsp3) is 0.158. The van der Waals surface area contributed by atoms with E-state index in [1.807, 2.05) is 13.8 Å². The monoisotopic (exact) mass is 350 g/mol. The van der Waals surface area contributed by atoms with E-state index in [9.17, 15) is 14.0 Å². The third kappa shape index (κ3) is 3.05. The summed E-state index contributed by atoms with van der Waals surface area (Å²) in [7, 11) is 0. The molecule has 0 unspecified atom stereocenters. The Morgan fingerprint density at radius 1 is 1.35 bits per heavy atom. The Bertz CT molecular complexity index is 1130. The summed E-state index contributed by atoms with van der Waals surface area (Å²) < 4.78 is 15.1. The van der Waals surface area contributed by atoms with Crippen molar-refractivity contribution in [3.8, 4) is 6.07 Å². The molecule has 3 aromatic rings. The number of nitriles is 1. The molecule has 0 bridgehead atoms. The fourth-order valence-corrected chi connectivity index (χ4v) is 2.65. The molecule has 0 saturated carbocycles. The van der Waals surface area contributed by atoms with Gasteiger partial charge in [0, 0.05) is 24.1 Å². The predicted molar refractivity (Wildman–Crippen MR) is 95.5 cm³/mol. The van der Waals surface area contributed by atoms with Gasteiger partial charge in [-0.3, -0.25) is 9.59 Å². The number of pyridine rings is 2. The van der Waals surface area contributed by atoms with Crippen LogP contribution in [0.5, 0.6) is 0 Å². The smallest absolute Gasteiger partial charge is 0.261 e. The van der Waals surface area contributed by atoms with Gasteiger partial charge in [0.25, 0.3) is 5.91 Å². The molecule has 0 aliphatic rings. The number of halogens is 1. The average molecular weight is 350 g/mol. The van der Waals surface area contributed by atoms with Gasteiger partial charge >= 0.3 is 0 Å². The first-order valence-corrected chi connectivity index (χ1v) is 7.96. The molecule has 6 nitrogen and oxygen atoms in total. The molecule has 0 aliphatic carbocycles. The predicted octanol–water partition coefficient (Wildman–Crippen LogP) is 2.99. The van der Waals surface area contributed by atoms with Crippen LogP contribution in [0, 0.1) is 24.1 Å². The summed E-state index contributed by atoms with van der Waals surface area (Å²) in [5, 5.41) is 11.8. The van der Waals surface area contributed by atoms with Crippen molar-refractivity contribution in [1.82, 2.24) is 9.55 Å². The van der Waals surface area contributed by atoms with Gasteiger partial charge in [-0.2, -0.15) is 5.26 Å². The van der Waals surface area contributed by atoms with E-state index in [0.717, 1.165) is 11.8 Å². The van der Waals surface area contributed by atoms with Crippen molar-refractivity contribution in [2.45, 2.75) is 20.4 Å². The third-order valence-electron chi connectivity index (χ3n) is 3.99. The van der Waals surface area contributed by atoms with Gasteiger partial charge < -0.3 is 9.88 Å². The zero-order valence-electron chi connectivity index (χ0n) is 14.2. The zero-order valence-corrected chi connectivity index (χ0v) is 14.2. The first-order chi connectivity index (χ1) is 12.4. The van der Waals surface area contributed by atoms with Crippen molar-refractivity contribution in [3.05, 3.63) is 69.4 Å². The lowest BCUT2D eigenvalue weighted by molar-refractivity contribution is 0.102. The molecule has 3 rings (SSSR count). The van der Waals surface area contributed by atoms with Gasteiger partial charge in [-0.25, -0.2) is 9.37 Å². The number of benzene rings is 1. The molecule has 0 aliphatic heterocycles. The van der Waals surface area contributed by atoms with Crippen molar-refractivity contribution in [3.63, 3.8) is 0 Å². The van der Waals surface area contributed by atoms with Crippen LogP contribution in [0.3, 0.4) is 0 Å². The van der Waals surface area contributed by atoms with E-state index in [2.05, 4.69) is 10.3 Å². The minimum absolute atomic E-state index is 0.0483. The molecule has 2 heterocycles. The summed E-state index contributed by atoms with van der Waals surface area (Å²) in [5.41, 5.74) is 0.851. The maximum absolute atomic E-state index is 13.4. The van der Waals surface area contributed by atoms with Crippen LogP contribution in [0.1, 0.15) is 28.5 Å². The molecule has 130 valence electrons. The molecular weight excluding hydrogens is 335 g/mol. The lowest BCUT2D eigenvalue weighted by Gasteiger charge is -2.11. The van der Waals surface area contributed by atoms with Crippen LogP contribution < -0.4 is 10.7 Å². The van der Waals surface area contributed by atoms with Gasteiger partial charge in [0.05, 0.1) is 10.9 Å². The number of rotatable bonds is 3. The van der Waals surface area contributed by atoms with Gasteiger partial charge in [0.1, 0.15) is 23.1 Å². The van der Waals surface area contributed by atoms with Crippen molar-refractivity contribution in [1.29, 1.82) is 5.26 Å². The number of amides is 1. The van der Waals surface area contributed by atoms with Crippen LogP contribution in [-0.4, -0.2) is 15.5 Å². The van der Waals surface area contributed by atoms with Gasteiger partial charge in [-0.05, 0) is 44.2 Å². The van der Waals surface area contributed by atoms with Gasteiger partial charge in [0.15, 0.2) is 0 Å². The fourth-order valence-electron chi connectivity index (χ4n) is 2.65. The number of hydrogen-bond acceptors (Lipinski definition) is 4. The highest BCUT2D eigenvalue weighted by molar-refractivity contribution is 6.05. The molecule has 1 aromatic carbocycles. The van der Waals surface area contributed by atoms with Crippen LogP contribution in [0.15, 0.2) is 41.3 Å². The average Bonchev–Trinajstić information content (AvgIpc) is 2.63. The van der Waals surface area contributed by atoms with Crippen molar-refractivity contribution in [2.24, 2.45) is 0 Å². The van der Waals surface area contributed by atoms with E-state index in [4.69, 9.17) is 5.26 Å². The summed E-state index contributed by atoms with van der Waals surface area (Å²) in [6.45, 7) is 4.24. The lowest BCUT2D eigenvalue weighted by atomic mass is 10.1. The van der Waals surface area contributed by atoms with Gasteiger partial charge in [-0.15, -0.1) is 0 Å². The number of hydrogen-bond donors (Lipinski definition) is 1. The zero-order chi connectivity index (χ0) is 18.8. The Morgan fingerprint density at radius 3 is 2.81 bits per heavy atom. The van der Waals surface area contributed by atoms with Crippen molar-refractivity contribution >= 4 is 22.6 Å². The van der Waals surface area contributed by atoms with Gasteiger partial charge in [0.2, 0.25) is 5.43 Å². The second-order valence-corrected chi connectivity index (χ2v) is 5.74. The highest BCUT2D eigenvalue weighted by atomic mass is 19.1. The Balaban J connectivity index is 2.06. The molecule has 26 heavy (non-hydrogen) atoms. The number of aromatic nitrogens is 2. The number of nitrogens with one attached hydrogen (secondary N) is 1.